The van der Waals surface area contributed by atoms with Crippen molar-refractivity contribution < 1.29 is 0 Å². The van der Waals surface area contributed by atoms with Crippen molar-refractivity contribution in [2.45, 2.75) is 0 Å². The van der Waals surface area contributed by atoms with Crippen molar-refractivity contribution in [1.82, 2.24) is 4.98 Å². The summed E-state index contributed by atoms with van der Waals surface area (Å²) in [6.07, 6.45) is 1.81. The average Bonchev–Trinajstić information content (AvgIpc) is 3.35. The van der Waals surface area contributed by atoms with Gasteiger partial charge in [0.25, 0.3) is 0 Å². The highest BCUT2D eigenvalue weighted by Crippen LogP contribution is 2.27. The smallest absolute Gasteiger partial charge is 0.203 e. The molecule has 32 heavy (non-hydrogen) atoms. The number of nitrogens with one attached hydrogen (secondary N) is 1. The third-order valence-electron chi connectivity index (χ3n) is 5.18. The second-order valence-electron chi connectivity index (χ2n) is 7.34. The molecule has 0 fully saturated rings. The van der Waals surface area contributed by atoms with E-state index in [9.17, 15) is 0 Å². The third kappa shape index (κ3) is 4.66. The summed E-state index contributed by atoms with van der Waals surface area (Å²) < 4.78 is 0. The number of nitrogens with zero attached hydrogens (tertiary/aromatic N) is 2. The lowest BCUT2D eigenvalue weighted by molar-refractivity contribution is 1.29. The van der Waals surface area contributed by atoms with Crippen LogP contribution in [0.5, 0.6) is 0 Å². The van der Waals surface area contributed by atoms with E-state index < -0.39 is 0 Å². The average molecular weight is 432 g/mol. The minimum atomic E-state index is 0.768. The molecule has 4 aromatic carbocycles. The van der Waals surface area contributed by atoms with Crippen molar-refractivity contribution in [2.24, 2.45) is 5.10 Å². The molecule has 0 spiro atoms. The molecule has 1 N–H and O–H groups in total. The molecule has 0 aliphatic heterocycles. The largest absolute Gasteiger partial charge is 0.253 e. The van der Waals surface area contributed by atoms with E-state index in [1.165, 1.54) is 22.3 Å². The summed E-state index contributed by atoms with van der Waals surface area (Å²) in [6.45, 7) is 0. The molecule has 3 nitrogen and oxygen atoms in total. The quantitative estimate of drug-likeness (QED) is 0.222. The number of hydrazone groups is 1. The van der Waals surface area contributed by atoms with E-state index in [4.69, 9.17) is 0 Å². The Kier molecular flexibility index (Phi) is 5.86. The minimum Gasteiger partial charge on any atom is -0.253 e. The highest BCUT2D eigenvalue weighted by Gasteiger charge is 2.05. The zero-order valence-electron chi connectivity index (χ0n) is 17.3. The molecule has 0 aliphatic carbocycles. The van der Waals surface area contributed by atoms with Gasteiger partial charge >= 0.3 is 0 Å². The van der Waals surface area contributed by atoms with Crippen LogP contribution in [-0.2, 0) is 0 Å². The first-order valence-electron chi connectivity index (χ1n) is 10.4. The Bertz CT molecular complexity index is 1310. The number of rotatable bonds is 6. The lowest BCUT2D eigenvalue weighted by atomic mass is 10.0. The van der Waals surface area contributed by atoms with Crippen molar-refractivity contribution in [3.05, 3.63) is 120 Å². The Labute approximate surface area is 191 Å². The first-order chi connectivity index (χ1) is 15.8. The molecule has 4 heteroatoms. The van der Waals surface area contributed by atoms with E-state index in [2.05, 4.69) is 113 Å². The molecule has 1 aromatic heterocycles. The summed E-state index contributed by atoms with van der Waals surface area (Å²) in [5.41, 5.74) is 10.9. The molecule has 0 saturated heterocycles. The fraction of sp³-hybridized carbons (Fsp3) is 0. The van der Waals surface area contributed by atoms with Crippen LogP contribution in [0.1, 0.15) is 5.56 Å². The van der Waals surface area contributed by atoms with Gasteiger partial charge in [0, 0.05) is 10.9 Å². The lowest BCUT2D eigenvalue weighted by Gasteiger charge is -2.03. The summed E-state index contributed by atoms with van der Waals surface area (Å²) in [6, 6.07) is 37.6. The molecule has 0 radical (unpaired) electrons. The molecular weight excluding hydrogens is 410 g/mol. The Morgan fingerprint density at radius 2 is 1.09 bits per heavy atom. The van der Waals surface area contributed by atoms with E-state index in [0.717, 1.165) is 22.0 Å². The first-order valence-corrected chi connectivity index (χ1v) is 11.3. The van der Waals surface area contributed by atoms with Gasteiger partial charge in [0.1, 0.15) is 0 Å². The van der Waals surface area contributed by atoms with Crippen LogP contribution in [-0.4, -0.2) is 11.2 Å². The number of aromatic nitrogens is 1. The lowest BCUT2D eigenvalue weighted by Crippen LogP contribution is -1.90. The maximum atomic E-state index is 4.66. The molecule has 0 atom stereocenters. The van der Waals surface area contributed by atoms with Crippen LogP contribution in [0.4, 0.5) is 5.13 Å². The number of benzene rings is 4. The molecule has 0 unspecified atom stereocenters. The van der Waals surface area contributed by atoms with Crippen molar-refractivity contribution in [3.8, 4) is 33.5 Å². The zero-order valence-corrected chi connectivity index (χ0v) is 18.2. The number of hydrogen-bond donors (Lipinski definition) is 1. The van der Waals surface area contributed by atoms with Gasteiger partial charge in [0.05, 0.1) is 11.9 Å². The molecule has 0 bridgehead atoms. The Morgan fingerprint density at radius 3 is 1.69 bits per heavy atom. The molecule has 5 aromatic rings. The SMILES string of the molecule is C(=N\Nc1nc(-c2ccc(-c3ccccc3)cc2)cs1)/c1ccc(-c2ccccc2)cc1. The summed E-state index contributed by atoms with van der Waals surface area (Å²) in [7, 11) is 0. The van der Waals surface area contributed by atoms with Crippen LogP contribution in [0.25, 0.3) is 33.5 Å². The molecule has 0 aliphatic rings. The second-order valence-corrected chi connectivity index (χ2v) is 8.20. The van der Waals surface area contributed by atoms with E-state index in [-0.39, 0.29) is 0 Å². The Morgan fingerprint density at radius 1 is 0.594 bits per heavy atom. The van der Waals surface area contributed by atoms with E-state index in [1.54, 1.807) is 11.3 Å². The van der Waals surface area contributed by atoms with Gasteiger partial charge in [0.15, 0.2) is 0 Å². The van der Waals surface area contributed by atoms with Crippen molar-refractivity contribution in [3.63, 3.8) is 0 Å². The number of anilines is 1. The van der Waals surface area contributed by atoms with Gasteiger partial charge in [-0.3, -0.25) is 5.43 Å². The molecule has 154 valence electrons. The molecular formula is C28H21N3S. The van der Waals surface area contributed by atoms with Crippen LogP contribution in [0.15, 0.2) is 120 Å². The summed E-state index contributed by atoms with van der Waals surface area (Å²) >= 11 is 1.54. The molecule has 1 heterocycles. The zero-order chi connectivity index (χ0) is 21.6. The summed E-state index contributed by atoms with van der Waals surface area (Å²) in [4.78, 5) is 4.66. The topological polar surface area (TPSA) is 37.3 Å². The number of hydrogen-bond acceptors (Lipinski definition) is 4. The maximum absolute atomic E-state index is 4.66. The van der Waals surface area contributed by atoms with Crippen LogP contribution in [0.3, 0.4) is 0 Å². The summed E-state index contributed by atoms with van der Waals surface area (Å²) in [5.74, 6) is 0. The van der Waals surface area contributed by atoms with E-state index >= 15 is 0 Å². The van der Waals surface area contributed by atoms with Crippen LogP contribution in [0.2, 0.25) is 0 Å². The van der Waals surface area contributed by atoms with Gasteiger partial charge in [-0.1, -0.05) is 109 Å². The fourth-order valence-electron chi connectivity index (χ4n) is 3.48. The monoisotopic (exact) mass is 431 g/mol. The molecule has 5 rings (SSSR count). The van der Waals surface area contributed by atoms with E-state index in [1.807, 2.05) is 23.7 Å². The standard InChI is InChI=1S/C28H21N3S/c1-3-7-22(8-4-1)24-13-11-21(12-14-24)19-29-31-28-30-27(20-32-28)26-17-15-25(16-18-26)23-9-5-2-6-10-23/h1-20H,(H,30,31)/b29-19+. The van der Waals surface area contributed by atoms with Gasteiger partial charge in [-0.25, -0.2) is 4.98 Å². The Balaban J connectivity index is 1.22. The van der Waals surface area contributed by atoms with Crippen LogP contribution < -0.4 is 5.43 Å². The molecule has 0 saturated carbocycles. The predicted octanol–water partition coefficient (Wildman–Crippen LogP) is 7.59. The van der Waals surface area contributed by atoms with Gasteiger partial charge in [-0.05, 0) is 27.8 Å². The summed E-state index contributed by atoms with van der Waals surface area (Å²) in [5, 5.41) is 7.16. The highest BCUT2D eigenvalue weighted by molar-refractivity contribution is 7.14. The predicted molar refractivity (Wildman–Crippen MR) is 136 cm³/mol. The van der Waals surface area contributed by atoms with Gasteiger partial charge in [-0.2, -0.15) is 5.10 Å². The number of thiazole rings is 1. The van der Waals surface area contributed by atoms with Crippen LogP contribution >= 0.6 is 11.3 Å². The van der Waals surface area contributed by atoms with Gasteiger partial charge < -0.3 is 0 Å². The molecule has 0 amide bonds. The van der Waals surface area contributed by atoms with E-state index in [0.29, 0.717) is 0 Å². The Hall–Kier alpha value is -4.02. The van der Waals surface area contributed by atoms with Crippen molar-refractivity contribution >= 4 is 22.7 Å². The normalized spacial score (nSPS) is 11.0. The van der Waals surface area contributed by atoms with Gasteiger partial charge in [-0.15, -0.1) is 11.3 Å². The van der Waals surface area contributed by atoms with Crippen LogP contribution in [0, 0.1) is 0 Å². The van der Waals surface area contributed by atoms with Gasteiger partial charge in [0.2, 0.25) is 5.13 Å². The maximum Gasteiger partial charge on any atom is 0.203 e. The van der Waals surface area contributed by atoms with Crippen molar-refractivity contribution in [2.75, 3.05) is 5.43 Å². The highest BCUT2D eigenvalue weighted by atomic mass is 32.1. The fourth-order valence-corrected chi connectivity index (χ4v) is 4.14. The third-order valence-corrected chi connectivity index (χ3v) is 5.93. The second kappa shape index (κ2) is 9.41. The minimum absolute atomic E-state index is 0.768. The first kappa shape index (κ1) is 19.9. The van der Waals surface area contributed by atoms with Crippen molar-refractivity contribution in [1.29, 1.82) is 0 Å².